The number of hydrogen-bond donors (Lipinski definition) is 7. The van der Waals surface area contributed by atoms with E-state index in [1.807, 2.05) is 0 Å². The number of carboxylic acid groups (broad SMARTS) is 2. The van der Waals surface area contributed by atoms with Crippen LogP contribution < -0.4 is 21.7 Å². The summed E-state index contributed by atoms with van der Waals surface area (Å²) in [5.74, 6) is -3.49. The van der Waals surface area contributed by atoms with E-state index in [-0.39, 0.29) is 37.7 Å². The molecule has 0 spiro atoms. The molecule has 8 N–H and O–H groups in total. The summed E-state index contributed by atoms with van der Waals surface area (Å²) in [7, 11) is 0. The average molecular weight is 569 g/mol. The van der Waals surface area contributed by atoms with Crippen LogP contribution in [0.5, 0.6) is 0 Å². The van der Waals surface area contributed by atoms with Crippen LogP contribution in [0, 0.1) is 5.41 Å². The number of benzene rings is 1. The number of alkyl carbamates (subject to hydrolysis) is 1. The molecule has 0 aliphatic rings. The first-order valence-electron chi connectivity index (χ1n) is 11.0. The summed E-state index contributed by atoms with van der Waals surface area (Å²) in [5.41, 5.74) is 6.47. The third-order valence-corrected chi connectivity index (χ3v) is 5.66. The van der Waals surface area contributed by atoms with Crippen LogP contribution >= 0.6 is 15.9 Å². The highest BCUT2D eigenvalue weighted by molar-refractivity contribution is 9.10. The summed E-state index contributed by atoms with van der Waals surface area (Å²) < 4.78 is 5.55. The first kappa shape index (κ1) is 30.4. The van der Waals surface area contributed by atoms with Crippen molar-refractivity contribution in [1.29, 1.82) is 5.41 Å². The predicted octanol–water partition coefficient (Wildman–Crippen LogP) is 1.33. The van der Waals surface area contributed by atoms with E-state index in [1.165, 1.54) is 6.92 Å². The molecule has 14 heteroatoms. The number of rotatable bonds is 15. The van der Waals surface area contributed by atoms with E-state index in [0.717, 1.165) is 5.56 Å². The Bertz CT molecular complexity index is 987. The minimum Gasteiger partial charge on any atom is -0.481 e. The molecule has 0 aliphatic carbocycles. The molecule has 0 aliphatic heterocycles. The fourth-order valence-corrected chi connectivity index (χ4v) is 3.48. The fourth-order valence-electron chi connectivity index (χ4n) is 2.96. The molecule has 198 valence electrons. The largest absolute Gasteiger partial charge is 0.481 e. The zero-order valence-corrected chi connectivity index (χ0v) is 21.2. The maximum atomic E-state index is 12.3. The monoisotopic (exact) mass is 569 g/mol. The number of ether oxygens (including phenoxy) is 1. The molecule has 0 unspecified atom stereocenters. The molecule has 0 saturated heterocycles. The number of halogens is 1. The number of aliphatic carboxylic acids is 2. The number of unbranched alkanes of at least 4 members (excludes halogenated alkanes) is 1. The Labute approximate surface area is 215 Å². The quantitative estimate of drug-likeness (QED) is 0.0912. The molecule has 0 bridgehead atoms. The predicted molar refractivity (Wildman–Crippen MR) is 131 cm³/mol. The maximum Gasteiger partial charge on any atom is 0.408 e. The fraction of sp³-hybridized carbons (Fsp3) is 0.455. The Morgan fingerprint density at radius 1 is 1.11 bits per heavy atom. The van der Waals surface area contributed by atoms with E-state index in [9.17, 15) is 29.1 Å². The highest BCUT2D eigenvalue weighted by Crippen LogP contribution is 2.18. The number of guanidine groups is 1. The Kier molecular flexibility index (Phi) is 12.9. The van der Waals surface area contributed by atoms with Gasteiger partial charge in [0.15, 0.2) is 11.7 Å². The number of carbonyl (C=O) groups is 5. The van der Waals surface area contributed by atoms with Gasteiger partial charge in [0, 0.05) is 29.5 Å². The van der Waals surface area contributed by atoms with Gasteiger partial charge >= 0.3 is 18.0 Å². The number of carbonyl (C=O) groups excluding carboxylic acids is 3. The van der Waals surface area contributed by atoms with Crippen molar-refractivity contribution in [1.82, 2.24) is 16.0 Å². The number of ketones is 1. The van der Waals surface area contributed by atoms with Gasteiger partial charge in [-0.3, -0.25) is 19.8 Å². The van der Waals surface area contributed by atoms with Crippen molar-refractivity contribution in [3.8, 4) is 0 Å². The number of hydrogen-bond acceptors (Lipinski definition) is 7. The van der Waals surface area contributed by atoms with Gasteiger partial charge in [-0.15, -0.1) is 0 Å². The van der Waals surface area contributed by atoms with Gasteiger partial charge in [-0.25, -0.2) is 9.59 Å². The van der Waals surface area contributed by atoms with E-state index in [2.05, 4.69) is 31.9 Å². The van der Waals surface area contributed by atoms with Crippen LogP contribution in [0.4, 0.5) is 4.79 Å². The average Bonchev–Trinajstić information content (AvgIpc) is 2.79. The Hall–Kier alpha value is -3.68. The zero-order valence-electron chi connectivity index (χ0n) is 19.6. The molecule has 13 nitrogen and oxygen atoms in total. The third-order valence-electron chi connectivity index (χ3n) is 4.92. The smallest absolute Gasteiger partial charge is 0.408 e. The lowest BCUT2D eigenvalue weighted by atomic mass is 10.1. The third kappa shape index (κ3) is 11.6. The molecule has 0 saturated carbocycles. The van der Waals surface area contributed by atoms with Gasteiger partial charge in [0.1, 0.15) is 0 Å². The van der Waals surface area contributed by atoms with Crippen molar-refractivity contribution in [2.45, 2.75) is 57.7 Å². The van der Waals surface area contributed by atoms with E-state index >= 15 is 0 Å². The zero-order chi connectivity index (χ0) is 27.3. The number of carboxylic acids is 2. The van der Waals surface area contributed by atoms with E-state index in [0.29, 0.717) is 29.4 Å². The van der Waals surface area contributed by atoms with Crippen molar-refractivity contribution in [2.24, 2.45) is 5.73 Å². The summed E-state index contributed by atoms with van der Waals surface area (Å²) in [5, 5.41) is 32.8. The van der Waals surface area contributed by atoms with Crippen LogP contribution in [0.25, 0.3) is 0 Å². The van der Waals surface area contributed by atoms with Gasteiger partial charge in [0.2, 0.25) is 6.10 Å². The van der Waals surface area contributed by atoms with Crippen molar-refractivity contribution in [3.63, 3.8) is 0 Å². The molecule has 2 amide bonds. The molecule has 0 fully saturated rings. The Morgan fingerprint density at radius 2 is 1.81 bits per heavy atom. The molecule has 36 heavy (non-hydrogen) atoms. The SMILES string of the molecule is CC(=O)[C@H](CCC(=O)O)NC(=O)O[C@@H](CCCCNC(=O)c1ccc(CNC(=N)N)c([77Br])c1)C(=O)O. The number of Topliss-reactive ketones (excluding diaryl/α,β-unsaturated/α-hetero) is 1. The first-order chi connectivity index (χ1) is 16.9. The lowest BCUT2D eigenvalue weighted by Crippen LogP contribution is -2.42. The molecule has 0 heterocycles. The molecule has 1 aromatic rings. The highest BCUT2D eigenvalue weighted by atomic mass is 76.9. The summed E-state index contributed by atoms with van der Waals surface area (Å²) in [6.07, 6.45) is -2.39. The summed E-state index contributed by atoms with van der Waals surface area (Å²) in [6, 6.07) is 3.87. The van der Waals surface area contributed by atoms with Crippen molar-refractivity contribution >= 4 is 51.6 Å². The molecule has 0 aromatic heterocycles. The van der Waals surface area contributed by atoms with Crippen LogP contribution in [0.3, 0.4) is 0 Å². The van der Waals surface area contributed by atoms with Crippen LogP contribution in [0.15, 0.2) is 22.7 Å². The molecule has 0 radical (unpaired) electrons. The van der Waals surface area contributed by atoms with Crippen molar-refractivity contribution in [2.75, 3.05) is 6.54 Å². The van der Waals surface area contributed by atoms with Gasteiger partial charge in [0.05, 0.1) is 6.04 Å². The lowest BCUT2D eigenvalue weighted by Gasteiger charge is -2.18. The highest BCUT2D eigenvalue weighted by Gasteiger charge is 2.25. The molecule has 2 atom stereocenters. The number of amides is 2. The van der Waals surface area contributed by atoms with Crippen LogP contribution in [-0.4, -0.2) is 64.6 Å². The van der Waals surface area contributed by atoms with E-state index in [1.54, 1.807) is 18.2 Å². The summed E-state index contributed by atoms with van der Waals surface area (Å²) in [6.45, 7) is 1.75. The second-order valence-corrected chi connectivity index (χ2v) is 8.65. The van der Waals surface area contributed by atoms with Gasteiger partial charge < -0.3 is 36.6 Å². The summed E-state index contributed by atoms with van der Waals surface area (Å²) in [4.78, 5) is 58.0. The van der Waals surface area contributed by atoms with Gasteiger partial charge in [-0.1, -0.05) is 22.0 Å². The first-order valence-corrected chi connectivity index (χ1v) is 11.8. The normalized spacial score (nSPS) is 12.1. The van der Waals surface area contributed by atoms with Crippen LogP contribution in [-0.2, 0) is 25.7 Å². The van der Waals surface area contributed by atoms with Gasteiger partial charge in [0.25, 0.3) is 5.91 Å². The van der Waals surface area contributed by atoms with Crippen molar-refractivity contribution in [3.05, 3.63) is 33.8 Å². The minimum absolute atomic E-state index is 0.0259. The maximum absolute atomic E-state index is 12.3. The minimum atomic E-state index is -1.47. The molecular weight excluding hydrogens is 539 g/mol. The number of nitrogens with two attached hydrogens (primary N) is 1. The van der Waals surface area contributed by atoms with Crippen LogP contribution in [0.2, 0.25) is 0 Å². The Balaban J connectivity index is 2.47. The molecule has 1 rings (SSSR count). The van der Waals surface area contributed by atoms with Crippen LogP contribution in [0.1, 0.15) is 54.9 Å². The second-order valence-electron chi connectivity index (χ2n) is 7.80. The Morgan fingerprint density at radius 3 is 2.36 bits per heavy atom. The molecule has 1 aromatic carbocycles. The summed E-state index contributed by atoms with van der Waals surface area (Å²) >= 11 is 3.37. The standard InChI is InChI=1S/C22H30BrN5O8/c1-12(29)16(7-8-18(30)31)28-22(35)36-17(20(33)34)4-2-3-9-26-19(32)13-5-6-14(15(23)10-13)11-27-21(24)25/h5-6,10,16-17H,2-4,7-9,11H2,1H3,(H,26,32)(H,28,35)(H,30,31)(H,33,34)(H4,24,25,27)/t16-,17-/m0/s1/i23-3. The van der Waals surface area contributed by atoms with E-state index < -0.39 is 36.0 Å². The van der Waals surface area contributed by atoms with E-state index in [4.69, 9.17) is 21.0 Å². The second kappa shape index (κ2) is 15.3. The lowest BCUT2D eigenvalue weighted by molar-refractivity contribution is -0.147. The van der Waals surface area contributed by atoms with Gasteiger partial charge in [-0.05, 0) is 50.3 Å². The van der Waals surface area contributed by atoms with Gasteiger partial charge in [-0.2, -0.15) is 0 Å². The molecular formula is C22H30BrN5O8. The van der Waals surface area contributed by atoms with Crippen molar-refractivity contribution < 1.29 is 38.9 Å². The number of nitrogens with one attached hydrogen (secondary N) is 4. The topological polar surface area (TPSA) is 221 Å².